The van der Waals surface area contributed by atoms with E-state index in [1.807, 2.05) is 30.4 Å². The molecule has 4 heteroatoms. The largest absolute Gasteiger partial charge is 0.397 e. The van der Waals surface area contributed by atoms with Gasteiger partial charge in [0, 0.05) is 15.7 Å². The van der Waals surface area contributed by atoms with Crippen molar-refractivity contribution < 1.29 is 4.79 Å². The first-order chi connectivity index (χ1) is 9.18. The molecule has 19 heavy (non-hydrogen) atoms. The molecule has 0 bridgehead atoms. The van der Waals surface area contributed by atoms with Crippen LogP contribution in [0.25, 0.3) is 10.1 Å². The number of hydrogen-bond donors (Lipinski definition) is 1. The summed E-state index contributed by atoms with van der Waals surface area (Å²) in [6.45, 7) is 0. The topological polar surface area (TPSA) is 43.1 Å². The molecular formula is C15H12ClNOS. The fourth-order valence-electron chi connectivity index (χ4n) is 2.21. The minimum absolute atomic E-state index is 0.00860. The number of carbonyl (C=O) groups excluding carboxylic acids is 1. The minimum Gasteiger partial charge on any atom is -0.397 e. The van der Waals surface area contributed by atoms with Gasteiger partial charge in [-0.25, -0.2) is 0 Å². The predicted octanol–water partition coefficient (Wildman–Crippen LogP) is 4.60. The van der Waals surface area contributed by atoms with Crippen molar-refractivity contribution in [3.05, 3.63) is 51.9 Å². The molecule has 0 unspecified atom stereocenters. The zero-order valence-electron chi connectivity index (χ0n) is 10.2. The van der Waals surface area contributed by atoms with Gasteiger partial charge in [-0.15, -0.1) is 11.3 Å². The molecule has 0 radical (unpaired) electrons. The maximum absolute atomic E-state index is 12.5. The molecule has 0 fully saturated rings. The molecule has 1 aromatic heterocycles. The Morgan fingerprint density at radius 2 is 2.16 bits per heavy atom. The van der Waals surface area contributed by atoms with Crippen molar-refractivity contribution in [1.82, 2.24) is 0 Å². The van der Waals surface area contributed by atoms with E-state index < -0.39 is 0 Å². The number of rotatable bonds is 2. The van der Waals surface area contributed by atoms with Crippen LogP contribution in [0, 0.1) is 0 Å². The van der Waals surface area contributed by atoms with E-state index in [-0.39, 0.29) is 5.78 Å². The summed E-state index contributed by atoms with van der Waals surface area (Å²) < 4.78 is 0.953. The van der Waals surface area contributed by atoms with E-state index in [1.54, 1.807) is 6.07 Å². The Hall–Kier alpha value is -1.58. The van der Waals surface area contributed by atoms with Gasteiger partial charge in [-0.05, 0) is 25.0 Å². The number of anilines is 1. The smallest absolute Gasteiger partial charge is 0.204 e. The summed E-state index contributed by atoms with van der Waals surface area (Å²) >= 11 is 7.56. The van der Waals surface area contributed by atoms with Gasteiger partial charge in [0.25, 0.3) is 0 Å². The second-order valence-electron chi connectivity index (χ2n) is 4.43. The first-order valence-corrected chi connectivity index (χ1v) is 7.26. The van der Waals surface area contributed by atoms with Gasteiger partial charge in [0.1, 0.15) is 0 Å². The Balaban J connectivity index is 2.13. The third-order valence-electron chi connectivity index (χ3n) is 3.16. The van der Waals surface area contributed by atoms with Gasteiger partial charge in [0.05, 0.1) is 15.6 Å². The molecule has 2 N–H and O–H groups in total. The first kappa shape index (κ1) is 12.5. The van der Waals surface area contributed by atoms with Crippen LogP contribution in [0.3, 0.4) is 0 Å². The molecule has 2 nitrogen and oxygen atoms in total. The van der Waals surface area contributed by atoms with Crippen LogP contribution >= 0.6 is 22.9 Å². The summed E-state index contributed by atoms with van der Waals surface area (Å²) in [4.78, 5) is 13.1. The van der Waals surface area contributed by atoms with Crippen LogP contribution in [0.1, 0.15) is 22.5 Å². The highest BCUT2D eigenvalue weighted by Gasteiger charge is 2.20. The van der Waals surface area contributed by atoms with E-state index in [2.05, 4.69) is 0 Å². The van der Waals surface area contributed by atoms with Gasteiger partial charge in [0.2, 0.25) is 5.78 Å². The lowest BCUT2D eigenvalue weighted by Crippen LogP contribution is -2.03. The van der Waals surface area contributed by atoms with Crippen molar-refractivity contribution in [2.24, 2.45) is 0 Å². The number of fused-ring (bicyclic) bond motifs is 1. The molecule has 1 aliphatic rings. The number of carbonyl (C=O) groups is 1. The van der Waals surface area contributed by atoms with Crippen molar-refractivity contribution in [3.63, 3.8) is 0 Å². The Morgan fingerprint density at radius 3 is 2.84 bits per heavy atom. The normalized spacial score (nSPS) is 14.7. The van der Waals surface area contributed by atoms with E-state index in [4.69, 9.17) is 17.3 Å². The summed E-state index contributed by atoms with van der Waals surface area (Å²) in [6, 6.07) is 5.60. The lowest BCUT2D eigenvalue weighted by molar-refractivity contribution is 0.104. The van der Waals surface area contributed by atoms with Crippen LogP contribution < -0.4 is 5.73 Å². The minimum atomic E-state index is -0.00860. The third-order valence-corrected chi connectivity index (χ3v) is 4.65. The Labute approximate surface area is 120 Å². The number of Topliss-reactive ketones (excluding diaryl/α,β-unsaturated/α-hetero) is 1. The van der Waals surface area contributed by atoms with Crippen LogP contribution in [-0.4, -0.2) is 5.78 Å². The molecular weight excluding hydrogens is 278 g/mol. The summed E-state index contributed by atoms with van der Waals surface area (Å²) in [7, 11) is 0. The number of nitrogen functional groups attached to an aromatic ring is 1. The average molecular weight is 290 g/mol. The van der Waals surface area contributed by atoms with Gasteiger partial charge in [-0.1, -0.05) is 35.9 Å². The molecule has 1 aromatic carbocycles. The van der Waals surface area contributed by atoms with Gasteiger partial charge >= 0.3 is 0 Å². The highest BCUT2D eigenvalue weighted by molar-refractivity contribution is 7.21. The summed E-state index contributed by atoms with van der Waals surface area (Å²) in [5.41, 5.74) is 7.32. The number of ketones is 1. The van der Waals surface area contributed by atoms with Crippen LogP contribution in [0.15, 0.2) is 42.0 Å². The molecule has 3 rings (SSSR count). The molecule has 0 aliphatic heterocycles. The van der Waals surface area contributed by atoms with E-state index in [9.17, 15) is 4.79 Å². The van der Waals surface area contributed by atoms with E-state index in [0.717, 1.165) is 28.5 Å². The SMILES string of the molecule is Nc1c(C(=O)C2=CCCC=C2)sc2cccc(Cl)c12. The fraction of sp³-hybridized carbons (Fsp3) is 0.133. The Bertz CT molecular complexity index is 727. The molecule has 0 atom stereocenters. The summed E-state index contributed by atoms with van der Waals surface area (Å²) in [5.74, 6) is -0.00860. The van der Waals surface area contributed by atoms with Crippen molar-refractivity contribution in [1.29, 1.82) is 0 Å². The highest BCUT2D eigenvalue weighted by atomic mass is 35.5. The van der Waals surface area contributed by atoms with Crippen molar-refractivity contribution in [2.75, 3.05) is 5.73 Å². The quantitative estimate of drug-likeness (QED) is 0.821. The molecule has 1 heterocycles. The number of benzene rings is 1. The number of hydrogen-bond acceptors (Lipinski definition) is 3. The standard InChI is InChI=1S/C15H12ClNOS/c16-10-7-4-8-11-12(10)13(17)15(19-11)14(18)9-5-2-1-3-6-9/h2,4-8H,1,3,17H2. The molecule has 0 amide bonds. The highest BCUT2D eigenvalue weighted by Crippen LogP contribution is 2.39. The summed E-state index contributed by atoms with van der Waals surface area (Å²) in [5, 5.41) is 1.39. The van der Waals surface area contributed by atoms with Gasteiger partial charge < -0.3 is 5.73 Å². The van der Waals surface area contributed by atoms with Crippen molar-refractivity contribution in [2.45, 2.75) is 12.8 Å². The van der Waals surface area contributed by atoms with Gasteiger partial charge in [-0.2, -0.15) is 0 Å². The molecule has 1 aliphatic carbocycles. The number of thiophene rings is 1. The monoisotopic (exact) mass is 289 g/mol. The number of nitrogens with two attached hydrogens (primary N) is 1. The lowest BCUT2D eigenvalue weighted by Gasteiger charge is -2.05. The van der Waals surface area contributed by atoms with Crippen LogP contribution in [0.2, 0.25) is 5.02 Å². The zero-order chi connectivity index (χ0) is 13.4. The maximum atomic E-state index is 12.5. The van der Waals surface area contributed by atoms with Crippen molar-refractivity contribution >= 4 is 44.5 Å². The van der Waals surface area contributed by atoms with Gasteiger partial charge in [0.15, 0.2) is 0 Å². The van der Waals surface area contributed by atoms with E-state index in [0.29, 0.717) is 15.6 Å². The Kier molecular flexibility index (Phi) is 3.17. The predicted molar refractivity (Wildman–Crippen MR) is 82.0 cm³/mol. The fourth-order valence-corrected chi connectivity index (χ4v) is 3.65. The number of allylic oxidation sites excluding steroid dienone is 4. The van der Waals surface area contributed by atoms with E-state index in [1.165, 1.54) is 11.3 Å². The molecule has 0 saturated carbocycles. The zero-order valence-corrected chi connectivity index (χ0v) is 11.7. The van der Waals surface area contributed by atoms with Crippen LogP contribution in [-0.2, 0) is 0 Å². The van der Waals surface area contributed by atoms with Crippen LogP contribution in [0.4, 0.5) is 5.69 Å². The molecule has 2 aromatic rings. The maximum Gasteiger partial charge on any atom is 0.204 e. The van der Waals surface area contributed by atoms with Crippen LogP contribution in [0.5, 0.6) is 0 Å². The van der Waals surface area contributed by atoms with E-state index >= 15 is 0 Å². The molecule has 0 spiro atoms. The van der Waals surface area contributed by atoms with Crippen molar-refractivity contribution in [3.8, 4) is 0 Å². The molecule has 96 valence electrons. The Morgan fingerprint density at radius 1 is 1.32 bits per heavy atom. The summed E-state index contributed by atoms with van der Waals surface area (Å²) in [6.07, 6.45) is 7.75. The second kappa shape index (κ2) is 4.83. The molecule has 0 saturated heterocycles. The second-order valence-corrected chi connectivity index (χ2v) is 5.89. The lowest BCUT2D eigenvalue weighted by atomic mass is 10.0. The van der Waals surface area contributed by atoms with Gasteiger partial charge in [-0.3, -0.25) is 4.79 Å². The number of halogens is 1. The first-order valence-electron chi connectivity index (χ1n) is 6.06. The average Bonchev–Trinajstić information content (AvgIpc) is 2.78. The third kappa shape index (κ3) is 2.09.